The van der Waals surface area contributed by atoms with Crippen molar-refractivity contribution in [1.29, 1.82) is 0 Å². The average molecular weight is 343 g/mol. The highest BCUT2D eigenvalue weighted by Crippen LogP contribution is 2.23. The quantitative estimate of drug-likeness (QED) is 0.907. The van der Waals surface area contributed by atoms with E-state index in [0.717, 1.165) is 17.8 Å². The van der Waals surface area contributed by atoms with Crippen LogP contribution in [-0.4, -0.2) is 50.5 Å². The molecule has 1 aromatic carbocycles. The number of piperazine rings is 1. The number of ether oxygens (including phenoxy) is 1. The SMILES string of the molecule is C[C@@H]1CN[C@H](c2ccc(-n3cncn3)cc2)CN1C(=O)OC(C)(C)C. The van der Waals surface area contributed by atoms with E-state index in [2.05, 4.69) is 27.5 Å². The number of amides is 1. The molecule has 3 rings (SSSR count). The molecule has 1 saturated heterocycles. The fourth-order valence-electron chi connectivity index (χ4n) is 2.86. The Hall–Kier alpha value is -2.41. The lowest BCUT2D eigenvalue weighted by Crippen LogP contribution is -2.54. The second-order valence-electron chi connectivity index (χ2n) is 7.37. The van der Waals surface area contributed by atoms with Crippen LogP contribution in [0.5, 0.6) is 0 Å². The fourth-order valence-corrected chi connectivity index (χ4v) is 2.86. The smallest absolute Gasteiger partial charge is 0.410 e. The van der Waals surface area contributed by atoms with E-state index >= 15 is 0 Å². The minimum atomic E-state index is -0.489. The summed E-state index contributed by atoms with van der Waals surface area (Å²) in [7, 11) is 0. The van der Waals surface area contributed by atoms with Gasteiger partial charge in [-0.05, 0) is 45.4 Å². The number of benzene rings is 1. The molecule has 1 aliphatic heterocycles. The van der Waals surface area contributed by atoms with Crippen LogP contribution >= 0.6 is 0 Å². The molecule has 134 valence electrons. The molecule has 0 bridgehead atoms. The fraction of sp³-hybridized carbons (Fsp3) is 0.500. The molecule has 25 heavy (non-hydrogen) atoms. The largest absolute Gasteiger partial charge is 0.444 e. The first-order valence-corrected chi connectivity index (χ1v) is 8.51. The molecule has 0 aliphatic carbocycles. The van der Waals surface area contributed by atoms with Crippen molar-refractivity contribution in [3.05, 3.63) is 42.5 Å². The second kappa shape index (κ2) is 6.84. The molecule has 2 heterocycles. The molecule has 2 aromatic rings. The van der Waals surface area contributed by atoms with Crippen LogP contribution in [0.1, 0.15) is 39.3 Å². The van der Waals surface area contributed by atoms with Gasteiger partial charge in [0.05, 0.1) is 11.7 Å². The van der Waals surface area contributed by atoms with Crippen molar-refractivity contribution in [3.63, 3.8) is 0 Å². The maximum absolute atomic E-state index is 12.5. The Morgan fingerprint density at radius 1 is 1.28 bits per heavy atom. The predicted molar refractivity (Wildman–Crippen MR) is 94.5 cm³/mol. The van der Waals surface area contributed by atoms with Gasteiger partial charge in [-0.15, -0.1) is 0 Å². The first-order chi connectivity index (χ1) is 11.8. The zero-order valence-electron chi connectivity index (χ0n) is 15.1. The Morgan fingerprint density at radius 3 is 2.60 bits per heavy atom. The van der Waals surface area contributed by atoms with Crippen molar-refractivity contribution in [2.24, 2.45) is 0 Å². The number of nitrogens with zero attached hydrogens (tertiary/aromatic N) is 4. The Kier molecular flexibility index (Phi) is 4.76. The topological polar surface area (TPSA) is 72.3 Å². The number of carbonyl (C=O) groups excluding carboxylic acids is 1. The van der Waals surface area contributed by atoms with E-state index in [-0.39, 0.29) is 18.2 Å². The summed E-state index contributed by atoms with van der Waals surface area (Å²) < 4.78 is 7.26. The summed E-state index contributed by atoms with van der Waals surface area (Å²) in [5.74, 6) is 0. The standard InChI is InChI=1S/C18H25N5O2/c1-13-9-20-16(10-22(13)17(24)25-18(2,3)4)14-5-7-15(8-6-14)23-12-19-11-21-23/h5-8,11-13,16,20H,9-10H2,1-4H3/t13-,16+/m1/s1. The van der Waals surface area contributed by atoms with E-state index in [1.807, 2.05) is 39.8 Å². The van der Waals surface area contributed by atoms with Crippen LogP contribution in [0, 0.1) is 0 Å². The van der Waals surface area contributed by atoms with Gasteiger partial charge in [0.2, 0.25) is 0 Å². The molecule has 0 unspecified atom stereocenters. The van der Waals surface area contributed by atoms with Gasteiger partial charge in [-0.3, -0.25) is 0 Å². The van der Waals surface area contributed by atoms with Crippen LogP contribution in [0.4, 0.5) is 4.79 Å². The normalized spacial score (nSPS) is 21.2. The highest BCUT2D eigenvalue weighted by molar-refractivity contribution is 5.69. The highest BCUT2D eigenvalue weighted by atomic mass is 16.6. The lowest BCUT2D eigenvalue weighted by atomic mass is 10.0. The van der Waals surface area contributed by atoms with Gasteiger partial charge in [-0.2, -0.15) is 5.10 Å². The number of rotatable bonds is 2. The van der Waals surface area contributed by atoms with Crippen LogP contribution in [0.25, 0.3) is 5.69 Å². The van der Waals surface area contributed by atoms with Gasteiger partial charge in [0.1, 0.15) is 18.3 Å². The van der Waals surface area contributed by atoms with Crippen LogP contribution in [0.2, 0.25) is 0 Å². The molecular weight excluding hydrogens is 318 g/mol. The highest BCUT2D eigenvalue weighted by Gasteiger charge is 2.32. The third kappa shape index (κ3) is 4.17. The van der Waals surface area contributed by atoms with E-state index in [9.17, 15) is 4.79 Å². The van der Waals surface area contributed by atoms with E-state index in [0.29, 0.717) is 6.54 Å². The van der Waals surface area contributed by atoms with E-state index in [1.165, 1.54) is 6.33 Å². The predicted octanol–water partition coefficient (Wildman–Crippen LogP) is 2.54. The van der Waals surface area contributed by atoms with Gasteiger partial charge in [0, 0.05) is 19.1 Å². The summed E-state index contributed by atoms with van der Waals surface area (Å²) in [6.07, 6.45) is 2.92. The maximum Gasteiger partial charge on any atom is 0.410 e. The second-order valence-corrected chi connectivity index (χ2v) is 7.37. The number of aromatic nitrogens is 3. The Labute approximate surface area is 148 Å². The number of carbonyl (C=O) groups is 1. The lowest BCUT2D eigenvalue weighted by molar-refractivity contribution is 0.00958. The van der Waals surface area contributed by atoms with Crippen molar-refractivity contribution >= 4 is 6.09 Å². The molecule has 7 nitrogen and oxygen atoms in total. The summed E-state index contributed by atoms with van der Waals surface area (Å²) >= 11 is 0. The Morgan fingerprint density at radius 2 is 2.00 bits per heavy atom. The number of hydrogen-bond donors (Lipinski definition) is 1. The zero-order chi connectivity index (χ0) is 18.0. The summed E-state index contributed by atoms with van der Waals surface area (Å²) in [6.45, 7) is 9.00. The monoisotopic (exact) mass is 343 g/mol. The average Bonchev–Trinajstić information content (AvgIpc) is 3.08. The van der Waals surface area contributed by atoms with E-state index < -0.39 is 5.60 Å². The molecule has 1 aromatic heterocycles. The van der Waals surface area contributed by atoms with Crippen LogP contribution in [0.15, 0.2) is 36.9 Å². The zero-order valence-corrected chi connectivity index (χ0v) is 15.1. The van der Waals surface area contributed by atoms with Crippen molar-refractivity contribution in [2.45, 2.75) is 45.4 Å². The first-order valence-electron chi connectivity index (χ1n) is 8.51. The van der Waals surface area contributed by atoms with E-state index in [4.69, 9.17) is 4.74 Å². The number of nitrogens with one attached hydrogen (secondary N) is 1. The third-order valence-corrected chi connectivity index (χ3v) is 4.18. The van der Waals surface area contributed by atoms with Crippen LogP contribution in [0.3, 0.4) is 0 Å². The van der Waals surface area contributed by atoms with Crippen LogP contribution < -0.4 is 5.32 Å². The van der Waals surface area contributed by atoms with Gasteiger partial charge in [-0.25, -0.2) is 14.5 Å². The van der Waals surface area contributed by atoms with Crippen molar-refractivity contribution < 1.29 is 9.53 Å². The number of hydrogen-bond acceptors (Lipinski definition) is 5. The third-order valence-electron chi connectivity index (χ3n) is 4.18. The van der Waals surface area contributed by atoms with Gasteiger partial charge in [0.25, 0.3) is 0 Å². The molecule has 1 fully saturated rings. The molecule has 7 heteroatoms. The van der Waals surface area contributed by atoms with Crippen LogP contribution in [-0.2, 0) is 4.74 Å². The Bertz CT molecular complexity index is 706. The molecule has 0 spiro atoms. The molecule has 0 radical (unpaired) electrons. The summed E-state index contributed by atoms with van der Waals surface area (Å²) in [5.41, 5.74) is 1.59. The molecular formula is C18H25N5O2. The minimum absolute atomic E-state index is 0.0773. The molecule has 1 N–H and O–H groups in total. The van der Waals surface area contributed by atoms with Gasteiger partial charge < -0.3 is 15.0 Å². The van der Waals surface area contributed by atoms with Crippen molar-refractivity contribution in [1.82, 2.24) is 25.0 Å². The van der Waals surface area contributed by atoms with E-state index in [1.54, 1.807) is 15.9 Å². The van der Waals surface area contributed by atoms with Gasteiger partial charge in [0.15, 0.2) is 0 Å². The van der Waals surface area contributed by atoms with Gasteiger partial charge in [-0.1, -0.05) is 12.1 Å². The molecule has 0 saturated carbocycles. The van der Waals surface area contributed by atoms with Crippen molar-refractivity contribution in [2.75, 3.05) is 13.1 Å². The molecule has 1 amide bonds. The molecule has 1 aliphatic rings. The molecule has 2 atom stereocenters. The minimum Gasteiger partial charge on any atom is -0.444 e. The lowest BCUT2D eigenvalue weighted by Gasteiger charge is -2.39. The van der Waals surface area contributed by atoms with Gasteiger partial charge >= 0.3 is 6.09 Å². The Balaban J connectivity index is 1.71. The first kappa shape index (κ1) is 17.4. The summed E-state index contributed by atoms with van der Waals surface area (Å²) in [4.78, 5) is 18.2. The van der Waals surface area contributed by atoms with Crippen molar-refractivity contribution in [3.8, 4) is 5.69 Å². The summed E-state index contributed by atoms with van der Waals surface area (Å²) in [5, 5.41) is 7.63. The maximum atomic E-state index is 12.5. The summed E-state index contributed by atoms with van der Waals surface area (Å²) in [6, 6.07) is 8.29.